The first-order valence-corrected chi connectivity index (χ1v) is 6.12. The highest BCUT2D eigenvalue weighted by Gasteiger charge is 2.14. The minimum Gasteiger partial charge on any atom is -0.453 e. The fourth-order valence-corrected chi connectivity index (χ4v) is 1.67. The SMILES string of the molecule is CC(=O)c1c[nH]c(C(=O)OCC(=O)c2cccc(F)c2)c1. The summed E-state index contributed by atoms with van der Waals surface area (Å²) >= 11 is 0. The van der Waals surface area contributed by atoms with Crippen LogP contribution in [0.25, 0.3) is 0 Å². The van der Waals surface area contributed by atoms with Gasteiger partial charge < -0.3 is 9.72 Å². The molecule has 0 fully saturated rings. The van der Waals surface area contributed by atoms with Gasteiger partial charge >= 0.3 is 5.97 Å². The molecule has 21 heavy (non-hydrogen) atoms. The second-order valence-electron chi connectivity index (χ2n) is 4.37. The number of hydrogen-bond donors (Lipinski definition) is 1. The average molecular weight is 289 g/mol. The van der Waals surface area contributed by atoms with Gasteiger partial charge in [0.15, 0.2) is 18.2 Å². The Morgan fingerprint density at radius 2 is 1.95 bits per heavy atom. The molecule has 0 saturated carbocycles. The molecule has 0 spiro atoms. The fraction of sp³-hybridized carbons (Fsp3) is 0.133. The molecule has 0 radical (unpaired) electrons. The van der Waals surface area contributed by atoms with Gasteiger partial charge in [0.05, 0.1) is 0 Å². The smallest absolute Gasteiger partial charge is 0.355 e. The Morgan fingerprint density at radius 3 is 2.57 bits per heavy atom. The van der Waals surface area contributed by atoms with Crippen molar-refractivity contribution >= 4 is 17.5 Å². The summed E-state index contributed by atoms with van der Waals surface area (Å²) in [7, 11) is 0. The molecule has 1 aromatic carbocycles. The van der Waals surface area contributed by atoms with Crippen LogP contribution in [0.5, 0.6) is 0 Å². The summed E-state index contributed by atoms with van der Waals surface area (Å²) in [6, 6.07) is 6.46. The Bertz CT molecular complexity index is 705. The van der Waals surface area contributed by atoms with Crippen LogP contribution in [0.3, 0.4) is 0 Å². The van der Waals surface area contributed by atoms with E-state index in [1.165, 1.54) is 37.4 Å². The quantitative estimate of drug-likeness (QED) is 0.677. The van der Waals surface area contributed by atoms with Crippen LogP contribution < -0.4 is 0 Å². The van der Waals surface area contributed by atoms with Gasteiger partial charge in [0, 0.05) is 17.3 Å². The van der Waals surface area contributed by atoms with Crippen LogP contribution in [-0.2, 0) is 4.74 Å². The van der Waals surface area contributed by atoms with Crippen molar-refractivity contribution in [1.82, 2.24) is 4.98 Å². The molecule has 1 aromatic heterocycles. The molecule has 0 aliphatic heterocycles. The molecule has 2 rings (SSSR count). The van der Waals surface area contributed by atoms with E-state index in [0.29, 0.717) is 5.56 Å². The lowest BCUT2D eigenvalue weighted by Crippen LogP contribution is -2.14. The lowest BCUT2D eigenvalue weighted by Gasteiger charge is -2.03. The number of Topliss-reactive ketones (excluding diaryl/α,β-unsaturated/α-hetero) is 2. The van der Waals surface area contributed by atoms with Crippen molar-refractivity contribution in [3.63, 3.8) is 0 Å². The lowest BCUT2D eigenvalue weighted by molar-refractivity contribution is 0.0469. The molecule has 5 nitrogen and oxygen atoms in total. The molecular formula is C15H12FNO4. The molecule has 1 heterocycles. The molecule has 108 valence electrons. The third kappa shape index (κ3) is 3.62. The minimum atomic E-state index is -0.757. The number of ether oxygens (including phenoxy) is 1. The zero-order chi connectivity index (χ0) is 15.4. The lowest BCUT2D eigenvalue weighted by atomic mass is 10.1. The topological polar surface area (TPSA) is 76.2 Å². The van der Waals surface area contributed by atoms with Crippen LogP contribution >= 0.6 is 0 Å². The van der Waals surface area contributed by atoms with E-state index in [1.807, 2.05) is 0 Å². The van der Waals surface area contributed by atoms with E-state index in [-0.39, 0.29) is 17.0 Å². The average Bonchev–Trinajstić information content (AvgIpc) is 2.94. The molecule has 0 aliphatic carbocycles. The molecular weight excluding hydrogens is 277 g/mol. The number of H-pyrrole nitrogens is 1. The van der Waals surface area contributed by atoms with Crippen LogP contribution in [0.15, 0.2) is 36.5 Å². The Kier molecular flexibility index (Phi) is 4.27. The van der Waals surface area contributed by atoms with Crippen molar-refractivity contribution in [3.05, 3.63) is 59.2 Å². The highest BCUT2D eigenvalue weighted by Crippen LogP contribution is 2.08. The van der Waals surface area contributed by atoms with Gasteiger partial charge in [-0.15, -0.1) is 0 Å². The van der Waals surface area contributed by atoms with Gasteiger partial charge in [-0.25, -0.2) is 9.18 Å². The van der Waals surface area contributed by atoms with Crippen molar-refractivity contribution < 1.29 is 23.5 Å². The third-order valence-electron chi connectivity index (χ3n) is 2.79. The van der Waals surface area contributed by atoms with Crippen molar-refractivity contribution in [1.29, 1.82) is 0 Å². The number of carbonyl (C=O) groups excluding carboxylic acids is 3. The summed E-state index contributed by atoms with van der Waals surface area (Å²) < 4.78 is 17.8. The predicted octanol–water partition coefficient (Wildman–Crippen LogP) is 2.40. The number of rotatable bonds is 5. The monoisotopic (exact) mass is 289 g/mol. The third-order valence-corrected chi connectivity index (χ3v) is 2.79. The van der Waals surface area contributed by atoms with E-state index in [9.17, 15) is 18.8 Å². The molecule has 0 aliphatic rings. The van der Waals surface area contributed by atoms with Crippen LogP contribution in [-0.4, -0.2) is 29.1 Å². The maximum atomic E-state index is 13.0. The Morgan fingerprint density at radius 1 is 1.19 bits per heavy atom. The molecule has 0 atom stereocenters. The Balaban J connectivity index is 1.97. The van der Waals surface area contributed by atoms with Crippen molar-refractivity contribution in [3.8, 4) is 0 Å². The van der Waals surface area contributed by atoms with E-state index in [2.05, 4.69) is 4.98 Å². The normalized spacial score (nSPS) is 10.2. The van der Waals surface area contributed by atoms with E-state index in [1.54, 1.807) is 0 Å². The number of halogens is 1. The van der Waals surface area contributed by atoms with Gasteiger partial charge in [0.25, 0.3) is 0 Å². The molecule has 1 N–H and O–H groups in total. The highest BCUT2D eigenvalue weighted by atomic mass is 19.1. The van der Waals surface area contributed by atoms with Gasteiger partial charge in [-0.3, -0.25) is 9.59 Å². The van der Waals surface area contributed by atoms with Crippen LogP contribution in [0.4, 0.5) is 4.39 Å². The van der Waals surface area contributed by atoms with Crippen molar-refractivity contribution in [2.24, 2.45) is 0 Å². The number of nitrogens with one attached hydrogen (secondary N) is 1. The molecule has 0 unspecified atom stereocenters. The summed E-state index contributed by atoms with van der Waals surface area (Å²) in [5.74, 6) is -2.00. The van der Waals surface area contributed by atoms with Crippen LogP contribution in [0.1, 0.15) is 38.1 Å². The molecule has 6 heteroatoms. The van der Waals surface area contributed by atoms with Crippen LogP contribution in [0, 0.1) is 5.82 Å². The fourth-order valence-electron chi connectivity index (χ4n) is 1.67. The number of hydrogen-bond acceptors (Lipinski definition) is 4. The van der Waals surface area contributed by atoms with E-state index in [0.717, 1.165) is 6.07 Å². The Hall–Kier alpha value is -2.76. The van der Waals surface area contributed by atoms with Gasteiger partial charge in [-0.2, -0.15) is 0 Å². The largest absolute Gasteiger partial charge is 0.453 e. The second kappa shape index (κ2) is 6.13. The Labute approximate surface area is 119 Å². The maximum absolute atomic E-state index is 13.0. The molecule has 0 amide bonds. The zero-order valence-corrected chi connectivity index (χ0v) is 11.2. The summed E-state index contributed by atoms with van der Waals surface area (Å²) in [6.45, 7) is 0.864. The van der Waals surface area contributed by atoms with Crippen LogP contribution in [0.2, 0.25) is 0 Å². The second-order valence-corrected chi connectivity index (χ2v) is 4.37. The van der Waals surface area contributed by atoms with Gasteiger partial charge in [-0.05, 0) is 25.1 Å². The summed E-state index contributed by atoms with van der Waals surface area (Å²) in [5, 5.41) is 0. The van der Waals surface area contributed by atoms with E-state index >= 15 is 0 Å². The first-order valence-electron chi connectivity index (χ1n) is 6.12. The highest BCUT2D eigenvalue weighted by molar-refractivity contribution is 6.00. The number of carbonyl (C=O) groups is 3. The summed E-state index contributed by atoms with van der Waals surface area (Å²) in [6.07, 6.45) is 1.38. The minimum absolute atomic E-state index is 0.0762. The zero-order valence-electron chi connectivity index (χ0n) is 11.2. The van der Waals surface area contributed by atoms with Gasteiger partial charge in [0.1, 0.15) is 11.5 Å². The number of aromatic amines is 1. The van der Waals surface area contributed by atoms with Crippen molar-refractivity contribution in [2.45, 2.75) is 6.92 Å². The van der Waals surface area contributed by atoms with E-state index in [4.69, 9.17) is 4.74 Å². The van der Waals surface area contributed by atoms with Gasteiger partial charge in [-0.1, -0.05) is 12.1 Å². The molecule has 2 aromatic rings. The summed E-state index contributed by atoms with van der Waals surface area (Å²) in [5.41, 5.74) is 0.546. The van der Waals surface area contributed by atoms with E-state index < -0.39 is 24.2 Å². The van der Waals surface area contributed by atoms with Crippen molar-refractivity contribution in [2.75, 3.05) is 6.61 Å². The first kappa shape index (κ1) is 14.6. The number of esters is 1. The number of benzene rings is 1. The first-order chi connectivity index (χ1) is 9.97. The predicted molar refractivity (Wildman–Crippen MR) is 71.8 cm³/mol. The standard InChI is InChI=1S/C15H12FNO4/c1-9(18)11-6-13(17-7-11)15(20)21-8-14(19)10-3-2-4-12(16)5-10/h2-7,17H,8H2,1H3. The summed E-state index contributed by atoms with van der Waals surface area (Å²) in [4.78, 5) is 37.1. The number of ketones is 2. The van der Waals surface area contributed by atoms with Gasteiger partial charge in [0.2, 0.25) is 0 Å². The molecule has 0 bridgehead atoms. The number of aromatic nitrogens is 1. The maximum Gasteiger partial charge on any atom is 0.355 e. The molecule has 0 saturated heterocycles.